The van der Waals surface area contributed by atoms with Gasteiger partial charge < -0.3 is 4.90 Å². The highest BCUT2D eigenvalue weighted by molar-refractivity contribution is 6.00. The molecule has 0 aromatic heterocycles. The first-order valence-corrected chi connectivity index (χ1v) is 7.62. The van der Waals surface area contributed by atoms with E-state index in [2.05, 4.69) is 5.32 Å². The van der Waals surface area contributed by atoms with Gasteiger partial charge in [0.15, 0.2) is 0 Å². The zero-order valence-corrected chi connectivity index (χ0v) is 13.7. The molecule has 1 aliphatic rings. The van der Waals surface area contributed by atoms with E-state index in [-0.39, 0.29) is 18.2 Å². The summed E-state index contributed by atoms with van der Waals surface area (Å²) in [5.74, 6) is -0.663. The number of imide groups is 1. The first-order chi connectivity index (χ1) is 10.5. The molecule has 5 nitrogen and oxygen atoms in total. The van der Waals surface area contributed by atoms with E-state index in [0.717, 1.165) is 16.7 Å². The van der Waals surface area contributed by atoms with Gasteiger partial charge in [-0.2, -0.15) is 0 Å². The van der Waals surface area contributed by atoms with Crippen LogP contribution in [0.2, 0.25) is 0 Å². The molecule has 1 heterocycles. The van der Waals surface area contributed by atoms with Crippen molar-refractivity contribution in [1.82, 2.24) is 10.2 Å². The number of nitrogens with zero attached hydrogens (tertiary/aromatic N) is 1. The van der Waals surface area contributed by atoms with Crippen molar-refractivity contribution in [2.45, 2.75) is 53.1 Å². The summed E-state index contributed by atoms with van der Waals surface area (Å²) in [4.78, 5) is 35.8. The molecule has 0 bridgehead atoms. The fourth-order valence-corrected chi connectivity index (χ4v) is 2.50. The van der Waals surface area contributed by atoms with Crippen LogP contribution in [0.3, 0.4) is 0 Å². The fraction of sp³-hybridized carbons (Fsp3) is 0.471. The minimum atomic E-state index is -0.566. The lowest BCUT2D eigenvalue weighted by Crippen LogP contribution is -2.51. The molecule has 1 aromatic rings. The van der Waals surface area contributed by atoms with Crippen LogP contribution < -0.4 is 5.32 Å². The number of amides is 3. The summed E-state index contributed by atoms with van der Waals surface area (Å²) in [6.07, 6.45) is 1.34. The first kappa shape index (κ1) is 17.9. The minimum Gasteiger partial charge on any atom is -0.329 e. The van der Waals surface area contributed by atoms with Gasteiger partial charge in [0.05, 0.1) is 0 Å². The normalized spacial score (nSPS) is 17.2. The third-order valence-electron chi connectivity index (χ3n) is 3.73. The van der Waals surface area contributed by atoms with Crippen LogP contribution in [0.1, 0.15) is 43.4 Å². The Hall–Kier alpha value is -2.17. The second-order valence-corrected chi connectivity index (χ2v) is 5.12. The molecule has 2 rings (SSSR count). The zero-order valence-electron chi connectivity index (χ0n) is 13.7. The van der Waals surface area contributed by atoms with Crippen molar-refractivity contribution in [2.24, 2.45) is 0 Å². The van der Waals surface area contributed by atoms with Gasteiger partial charge in [-0.1, -0.05) is 32.0 Å². The van der Waals surface area contributed by atoms with Crippen molar-refractivity contribution < 1.29 is 14.4 Å². The smallest absolute Gasteiger partial charge is 0.249 e. The van der Waals surface area contributed by atoms with Gasteiger partial charge in [-0.25, -0.2) is 0 Å². The number of piperidine rings is 1. The molecule has 22 heavy (non-hydrogen) atoms. The Balaban J connectivity index is 0.00000116. The Morgan fingerprint density at radius 3 is 2.32 bits per heavy atom. The lowest BCUT2D eigenvalue weighted by molar-refractivity contribution is -0.141. The van der Waals surface area contributed by atoms with Crippen molar-refractivity contribution >= 4 is 18.2 Å². The van der Waals surface area contributed by atoms with Crippen molar-refractivity contribution in [3.8, 4) is 0 Å². The van der Waals surface area contributed by atoms with Gasteiger partial charge in [0.25, 0.3) is 0 Å². The number of carbonyl (C=O) groups is 3. The summed E-state index contributed by atoms with van der Waals surface area (Å²) in [6, 6.07) is 5.36. The molecule has 3 amide bonds. The molecular formula is C17H24N2O3. The lowest BCUT2D eigenvalue weighted by atomic mass is 10.00. The van der Waals surface area contributed by atoms with Crippen molar-refractivity contribution in [2.75, 3.05) is 0 Å². The summed E-state index contributed by atoms with van der Waals surface area (Å²) < 4.78 is 0. The average molecular weight is 304 g/mol. The molecular weight excluding hydrogens is 280 g/mol. The number of aryl methyl sites for hydroxylation is 2. The van der Waals surface area contributed by atoms with E-state index in [9.17, 15) is 14.4 Å². The van der Waals surface area contributed by atoms with Gasteiger partial charge in [0, 0.05) is 13.0 Å². The molecule has 1 aliphatic heterocycles. The van der Waals surface area contributed by atoms with E-state index in [0.29, 0.717) is 19.4 Å². The number of rotatable bonds is 4. The van der Waals surface area contributed by atoms with Crippen LogP contribution in [0.4, 0.5) is 0 Å². The van der Waals surface area contributed by atoms with E-state index < -0.39 is 6.04 Å². The summed E-state index contributed by atoms with van der Waals surface area (Å²) in [5, 5.41) is 2.28. The highest BCUT2D eigenvalue weighted by Gasteiger charge is 2.31. The molecule has 1 aromatic carbocycles. The highest BCUT2D eigenvalue weighted by Crippen LogP contribution is 2.19. The maximum Gasteiger partial charge on any atom is 0.249 e. The van der Waals surface area contributed by atoms with Gasteiger partial charge in [0.1, 0.15) is 6.04 Å². The number of nitrogens with one attached hydrogen (secondary N) is 1. The predicted molar refractivity (Wildman–Crippen MR) is 85.0 cm³/mol. The molecule has 0 saturated carbocycles. The van der Waals surface area contributed by atoms with Crippen LogP contribution in [0, 0.1) is 13.8 Å². The Morgan fingerprint density at radius 1 is 1.23 bits per heavy atom. The second-order valence-electron chi connectivity index (χ2n) is 5.12. The Labute approximate surface area is 131 Å². The maximum absolute atomic E-state index is 11.8. The van der Waals surface area contributed by atoms with Crippen molar-refractivity contribution in [1.29, 1.82) is 0 Å². The van der Waals surface area contributed by atoms with Crippen LogP contribution in [-0.4, -0.2) is 29.2 Å². The Morgan fingerprint density at radius 2 is 1.82 bits per heavy atom. The zero-order chi connectivity index (χ0) is 16.7. The molecule has 5 heteroatoms. The molecule has 1 saturated heterocycles. The standard InChI is InChI=1S/C15H18N2O3.C2H6/c1-10-4-3-5-11(2)12(10)8-17(9-18)13-6-7-14(19)16-15(13)20;1-2/h3-5,9,13H,6-8H2,1-2H3,(H,16,19,20);1-2H3. The second kappa shape index (κ2) is 8.32. The summed E-state index contributed by atoms with van der Waals surface area (Å²) in [6.45, 7) is 8.35. The topological polar surface area (TPSA) is 66.5 Å². The summed E-state index contributed by atoms with van der Waals surface area (Å²) in [5.41, 5.74) is 3.22. The number of carbonyl (C=O) groups excluding carboxylic acids is 3. The van der Waals surface area contributed by atoms with Crippen molar-refractivity contribution in [3.63, 3.8) is 0 Å². The fourth-order valence-electron chi connectivity index (χ4n) is 2.50. The van der Waals surface area contributed by atoms with Crippen LogP contribution in [0.15, 0.2) is 18.2 Å². The largest absolute Gasteiger partial charge is 0.329 e. The van der Waals surface area contributed by atoms with Gasteiger partial charge in [-0.05, 0) is 37.0 Å². The first-order valence-electron chi connectivity index (χ1n) is 7.62. The molecule has 120 valence electrons. The van der Waals surface area contributed by atoms with Crippen molar-refractivity contribution in [3.05, 3.63) is 34.9 Å². The Bertz CT molecular complexity index is 535. The molecule has 1 fully saturated rings. The van der Waals surface area contributed by atoms with E-state index >= 15 is 0 Å². The third-order valence-corrected chi connectivity index (χ3v) is 3.73. The highest BCUT2D eigenvalue weighted by atomic mass is 16.2. The minimum absolute atomic E-state index is 0.271. The quantitative estimate of drug-likeness (QED) is 0.684. The van der Waals surface area contributed by atoms with Gasteiger partial charge in [0.2, 0.25) is 18.2 Å². The molecule has 0 radical (unpaired) electrons. The predicted octanol–water partition coefficient (Wildman–Crippen LogP) is 2.09. The van der Waals surface area contributed by atoms with E-state index in [4.69, 9.17) is 0 Å². The summed E-state index contributed by atoms with van der Waals surface area (Å²) in [7, 11) is 0. The number of hydrogen-bond acceptors (Lipinski definition) is 3. The van der Waals surface area contributed by atoms with Crippen LogP contribution in [0.5, 0.6) is 0 Å². The SMILES string of the molecule is CC.Cc1cccc(C)c1CN(C=O)C1CCC(=O)NC1=O. The van der Waals surface area contributed by atoms with E-state index in [1.165, 1.54) is 4.90 Å². The summed E-state index contributed by atoms with van der Waals surface area (Å²) >= 11 is 0. The average Bonchev–Trinajstić information content (AvgIpc) is 2.50. The van der Waals surface area contributed by atoms with Crippen LogP contribution >= 0.6 is 0 Å². The molecule has 1 N–H and O–H groups in total. The van der Waals surface area contributed by atoms with Gasteiger partial charge in [-0.15, -0.1) is 0 Å². The van der Waals surface area contributed by atoms with Gasteiger partial charge >= 0.3 is 0 Å². The van der Waals surface area contributed by atoms with Gasteiger partial charge in [-0.3, -0.25) is 19.7 Å². The molecule has 1 unspecified atom stereocenters. The van der Waals surface area contributed by atoms with E-state index in [1.54, 1.807) is 0 Å². The maximum atomic E-state index is 11.8. The molecule has 0 aliphatic carbocycles. The van der Waals surface area contributed by atoms with Crippen LogP contribution in [-0.2, 0) is 20.9 Å². The number of hydrogen-bond donors (Lipinski definition) is 1. The van der Waals surface area contributed by atoms with Crippen LogP contribution in [0.25, 0.3) is 0 Å². The third kappa shape index (κ3) is 4.16. The Kier molecular flexibility index (Phi) is 6.76. The lowest BCUT2D eigenvalue weighted by Gasteiger charge is -2.30. The molecule has 0 spiro atoms. The molecule has 1 atom stereocenters. The monoisotopic (exact) mass is 304 g/mol. The van der Waals surface area contributed by atoms with E-state index in [1.807, 2.05) is 45.9 Å². The number of benzene rings is 1.